The molecule has 0 unspecified atom stereocenters. The number of aromatic nitrogens is 2. The molecule has 0 bridgehead atoms. The number of halogens is 1. The van der Waals surface area contributed by atoms with Crippen LogP contribution in [-0.4, -0.2) is 36.4 Å². The summed E-state index contributed by atoms with van der Waals surface area (Å²) >= 11 is 3.38. The highest BCUT2D eigenvalue weighted by Crippen LogP contribution is 2.24. The Kier molecular flexibility index (Phi) is 5.14. The van der Waals surface area contributed by atoms with Crippen LogP contribution in [0.3, 0.4) is 0 Å². The Morgan fingerprint density at radius 3 is 2.81 bits per heavy atom. The molecule has 112 valence electrons. The van der Waals surface area contributed by atoms with Gasteiger partial charge in [0, 0.05) is 12.7 Å². The van der Waals surface area contributed by atoms with Gasteiger partial charge in [0.1, 0.15) is 11.4 Å². The molecule has 21 heavy (non-hydrogen) atoms. The van der Waals surface area contributed by atoms with Crippen molar-refractivity contribution in [2.75, 3.05) is 20.8 Å². The van der Waals surface area contributed by atoms with E-state index >= 15 is 0 Å². The topological polar surface area (TPSA) is 53.4 Å². The Labute approximate surface area is 132 Å². The summed E-state index contributed by atoms with van der Waals surface area (Å²) in [6, 6.07) is 5.41. The SMILES string of the molecule is COCCn1ncc(Br)c1C(=O)c1ccc(C)c(OC)c1. The number of ether oxygens (including phenoxy) is 2. The van der Waals surface area contributed by atoms with Crippen LogP contribution in [0.1, 0.15) is 21.6 Å². The number of hydrogen-bond donors (Lipinski definition) is 0. The first-order valence-electron chi connectivity index (χ1n) is 6.48. The summed E-state index contributed by atoms with van der Waals surface area (Å²) in [4.78, 5) is 12.7. The highest BCUT2D eigenvalue weighted by Gasteiger charge is 2.19. The molecular formula is C15H17BrN2O3. The predicted octanol–water partition coefficient (Wildman–Crippen LogP) is 2.84. The van der Waals surface area contributed by atoms with Crippen LogP contribution in [-0.2, 0) is 11.3 Å². The van der Waals surface area contributed by atoms with Gasteiger partial charge in [0.05, 0.1) is 30.9 Å². The fraction of sp³-hybridized carbons (Fsp3) is 0.333. The molecule has 2 rings (SSSR count). The lowest BCUT2D eigenvalue weighted by molar-refractivity contribution is 0.102. The molecule has 2 aromatic rings. The van der Waals surface area contributed by atoms with Gasteiger partial charge in [-0.25, -0.2) is 0 Å². The van der Waals surface area contributed by atoms with Gasteiger partial charge in [-0.1, -0.05) is 12.1 Å². The van der Waals surface area contributed by atoms with Gasteiger partial charge in [0.2, 0.25) is 5.78 Å². The molecule has 0 fully saturated rings. The first-order chi connectivity index (χ1) is 10.1. The van der Waals surface area contributed by atoms with Crippen LogP contribution >= 0.6 is 15.9 Å². The Morgan fingerprint density at radius 2 is 2.14 bits per heavy atom. The highest BCUT2D eigenvalue weighted by molar-refractivity contribution is 9.10. The number of benzene rings is 1. The standard InChI is InChI=1S/C15H17BrN2O3/c1-10-4-5-11(8-13(10)21-3)15(19)14-12(16)9-17-18(14)6-7-20-2/h4-5,8-9H,6-7H2,1-3H3. The number of ketones is 1. The summed E-state index contributed by atoms with van der Waals surface area (Å²) in [6.45, 7) is 2.95. The van der Waals surface area contributed by atoms with Crippen molar-refractivity contribution in [1.82, 2.24) is 9.78 Å². The normalized spacial score (nSPS) is 10.7. The zero-order valence-electron chi connectivity index (χ0n) is 12.2. The van der Waals surface area contributed by atoms with Crippen molar-refractivity contribution in [2.24, 2.45) is 0 Å². The zero-order valence-corrected chi connectivity index (χ0v) is 13.8. The van der Waals surface area contributed by atoms with E-state index in [2.05, 4.69) is 21.0 Å². The van der Waals surface area contributed by atoms with E-state index in [9.17, 15) is 4.79 Å². The average molecular weight is 353 g/mol. The van der Waals surface area contributed by atoms with Crippen LogP contribution in [0, 0.1) is 6.92 Å². The molecule has 0 aliphatic rings. The molecule has 0 aliphatic carbocycles. The van der Waals surface area contributed by atoms with Gasteiger partial charge < -0.3 is 9.47 Å². The van der Waals surface area contributed by atoms with Crippen molar-refractivity contribution in [3.05, 3.63) is 45.7 Å². The lowest BCUT2D eigenvalue weighted by atomic mass is 10.1. The molecule has 0 aliphatic heterocycles. The maximum atomic E-state index is 12.7. The number of carbonyl (C=O) groups excluding carboxylic acids is 1. The highest BCUT2D eigenvalue weighted by atomic mass is 79.9. The summed E-state index contributed by atoms with van der Waals surface area (Å²) in [5, 5.41) is 4.20. The van der Waals surface area contributed by atoms with Crippen LogP contribution in [0.2, 0.25) is 0 Å². The Bertz CT molecular complexity index is 652. The maximum Gasteiger partial charge on any atom is 0.212 e. The minimum atomic E-state index is -0.103. The minimum Gasteiger partial charge on any atom is -0.496 e. The van der Waals surface area contributed by atoms with Crippen LogP contribution in [0.4, 0.5) is 0 Å². The van der Waals surface area contributed by atoms with E-state index in [0.717, 1.165) is 5.56 Å². The van der Waals surface area contributed by atoms with Gasteiger partial charge >= 0.3 is 0 Å². The summed E-state index contributed by atoms with van der Waals surface area (Å²) in [6.07, 6.45) is 1.62. The second-order valence-corrected chi connectivity index (χ2v) is 5.42. The van der Waals surface area contributed by atoms with Crippen molar-refractivity contribution >= 4 is 21.7 Å². The van der Waals surface area contributed by atoms with Crippen LogP contribution < -0.4 is 4.74 Å². The fourth-order valence-corrected chi connectivity index (χ4v) is 2.51. The monoisotopic (exact) mass is 352 g/mol. The van der Waals surface area contributed by atoms with Crippen molar-refractivity contribution < 1.29 is 14.3 Å². The van der Waals surface area contributed by atoms with Crippen LogP contribution in [0.5, 0.6) is 5.75 Å². The molecule has 0 spiro atoms. The van der Waals surface area contributed by atoms with Gasteiger partial charge in [0.15, 0.2) is 0 Å². The predicted molar refractivity (Wildman–Crippen MR) is 83.0 cm³/mol. The van der Waals surface area contributed by atoms with Gasteiger partial charge in [-0.2, -0.15) is 5.10 Å². The molecule has 0 radical (unpaired) electrons. The van der Waals surface area contributed by atoms with E-state index < -0.39 is 0 Å². The molecular weight excluding hydrogens is 336 g/mol. The number of hydrogen-bond acceptors (Lipinski definition) is 4. The van der Waals surface area contributed by atoms with E-state index in [1.54, 1.807) is 37.2 Å². The van der Waals surface area contributed by atoms with E-state index in [1.807, 2.05) is 13.0 Å². The molecule has 5 nitrogen and oxygen atoms in total. The summed E-state index contributed by atoms with van der Waals surface area (Å²) < 4.78 is 12.6. The van der Waals surface area contributed by atoms with Crippen LogP contribution in [0.25, 0.3) is 0 Å². The van der Waals surface area contributed by atoms with Gasteiger partial charge in [0.25, 0.3) is 0 Å². The number of nitrogens with zero attached hydrogens (tertiary/aromatic N) is 2. The lowest BCUT2D eigenvalue weighted by Gasteiger charge is -2.09. The van der Waals surface area contributed by atoms with E-state index in [0.29, 0.717) is 34.6 Å². The second-order valence-electron chi connectivity index (χ2n) is 4.57. The second kappa shape index (κ2) is 6.87. The third-order valence-corrected chi connectivity index (χ3v) is 3.77. The van der Waals surface area contributed by atoms with E-state index in [4.69, 9.17) is 9.47 Å². The van der Waals surface area contributed by atoms with Gasteiger partial charge in [-0.05, 0) is 34.5 Å². The number of aryl methyl sites for hydroxylation is 1. The quantitative estimate of drug-likeness (QED) is 0.750. The molecule has 0 N–H and O–H groups in total. The van der Waals surface area contributed by atoms with Gasteiger partial charge in [-0.15, -0.1) is 0 Å². The van der Waals surface area contributed by atoms with Crippen molar-refractivity contribution in [2.45, 2.75) is 13.5 Å². The Balaban J connectivity index is 2.38. The molecule has 0 atom stereocenters. The van der Waals surface area contributed by atoms with E-state index in [1.165, 1.54) is 0 Å². The maximum absolute atomic E-state index is 12.7. The molecule has 0 saturated heterocycles. The number of rotatable bonds is 6. The summed E-state index contributed by atoms with van der Waals surface area (Å²) in [5.74, 6) is 0.591. The number of carbonyl (C=O) groups is 1. The third kappa shape index (κ3) is 3.33. The molecule has 0 saturated carbocycles. The number of methoxy groups -OCH3 is 2. The van der Waals surface area contributed by atoms with Crippen molar-refractivity contribution in [3.63, 3.8) is 0 Å². The van der Waals surface area contributed by atoms with E-state index in [-0.39, 0.29) is 5.78 Å². The largest absolute Gasteiger partial charge is 0.496 e. The Morgan fingerprint density at radius 1 is 1.38 bits per heavy atom. The molecule has 1 aromatic heterocycles. The Hall–Kier alpha value is -1.66. The fourth-order valence-electron chi connectivity index (χ4n) is 2.03. The summed E-state index contributed by atoms with van der Waals surface area (Å²) in [7, 11) is 3.21. The first kappa shape index (κ1) is 15.7. The van der Waals surface area contributed by atoms with Crippen LogP contribution in [0.15, 0.2) is 28.9 Å². The average Bonchev–Trinajstić information content (AvgIpc) is 2.85. The van der Waals surface area contributed by atoms with Crippen molar-refractivity contribution in [1.29, 1.82) is 0 Å². The smallest absolute Gasteiger partial charge is 0.212 e. The first-order valence-corrected chi connectivity index (χ1v) is 7.27. The summed E-state index contributed by atoms with van der Waals surface area (Å²) in [5.41, 5.74) is 2.07. The molecule has 1 aromatic carbocycles. The third-order valence-electron chi connectivity index (χ3n) is 3.19. The lowest BCUT2D eigenvalue weighted by Crippen LogP contribution is -2.15. The van der Waals surface area contributed by atoms with Gasteiger partial charge in [-0.3, -0.25) is 9.48 Å². The van der Waals surface area contributed by atoms with Crippen molar-refractivity contribution in [3.8, 4) is 5.75 Å². The minimum absolute atomic E-state index is 0.103. The molecule has 0 amide bonds. The molecule has 1 heterocycles. The molecule has 6 heteroatoms. The zero-order chi connectivity index (χ0) is 15.4.